The molecule has 2 aromatic heterocycles. The zero-order valence-electron chi connectivity index (χ0n) is 24.8. The van der Waals surface area contributed by atoms with Crippen LogP contribution < -0.4 is 25.8 Å². The molecule has 4 N–H and O–H groups in total. The molecule has 1 amide bonds. The standard InChI is InChI=1S/C32H39N5O3S/c1-18(2)40-24-14-19(20-15-31(3,4)37-32(5,6)16-20)12-13-22(24)35-30-34-17-25-27(36-30)26(28(41-25)29(33)38)21-10-8-9-11-23(21)39-7/h8-14,17-18,20,37H,15-16H2,1-7H3,(H2,33,38)(H,34,35,36). The number of aromatic nitrogens is 2. The van der Waals surface area contributed by atoms with E-state index < -0.39 is 5.91 Å². The van der Waals surface area contributed by atoms with E-state index in [0.29, 0.717) is 33.6 Å². The fourth-order valence-electron chi connectivity index (χ4n) is 6.15. The molecule has 1 aliphatic rings. The van der Waals surface area contributed by atoms with Gasteiger partial charge in [-0.3, -0.25) is 4.79 Å². The molecule has 0 radical (unpaired) electrons. The number of fused-ring (bicyclic) bond motifs is 1. The lowest BCUT2D eigenvalue weighted by Crippen LogP contribution is -2.57. The van der Waals surface area contributed by atoms with Crippen LogP contribution in [0, 0.1) is 0 Å². The maximum absolute atomic E-state index is 12.4. The summed E-state index contributed by atoms with van der Waals surface area (Å²) in [6.07, 6.45) is 3.78. The lowest BCUT2D eigenvalue weighted by atomic mass is 9.73. The SMILES string of the molecule is COc1ccccc1-c1c(C(N)=O)sc2cnc(Nc3ccc(C4CC(C)(C)NC(C)(C)C4)cc3OC(C)C)nc12. The van der Waals surface area contributed by atoms with Gasteiger partial charge in [0.25, 0.3) is 5.91 Å². The van der Waals surface area contributed by atoms with Crippen LogP contribution in [0.25, 0.3) is 21.3 Å². The Morgan fingerprint density at radius 1 is 1.10 bits per heavy atom. The van der Waals surface area contributed by atoms with Crippen LogP contribution in [0.5, 0.6) is 11.5 Å². The van der Waals surface area contributed by atoms with Crippen LogP contribution >= 0.6 is 11.3 Å². The molecule has 1 fully saturated rings. The molecule has 216 valence electrons. The maximum atomic E-state index is 12.4. The highest BCUT2D eigenvalue weighted by Crippen LogP contribution is 2.43. The zero-order chi connectivity index (χ0) is 29.5. The summed E-state index contributed by atoms with van der Waals surface area (Å²) in [7, 11) is 1.60. The molecule has 41 heavy (non-hydrogen) atoms. The van der Waals surface area contributed by atoms with Crippen molar-refractivity contribution in [2.24, 2.45) is 5.73 Å². The van der Waals surface area contributed by atoms with Crippen molar-refractivity contribution in [1.29, 1.82) is 0 Å². The number of rotatable bonds is 8. The smallest absolute Gasteiger partial charge is 0.259 e. The fourth-order valence-corrected chi connectivity index (χ4v) is 7.13. The first-order chi connectivity index (χ1) is 19.4. The number of para-hydroxylation sites is 1. The first-order valence-electron chi connectivity index (χ1n) is 14.0. The Bertz CT molecular complexity index is 1580. The summed E-state index contributed by atoms with van der Waals surface area (Å²) < 4.78 is 12.6. The van der Waals surface area contributed by atoms with Crippen molar-refractivity contribution >= 4 is 39.1 Å². The van der Waals surface area contributed by atoms with E-state index in [1.54, 1.807) is 13.3 Å². The third-order valence-corrected chi connectivity index (χ3v) is 8.44. The number of methoxy groups -OCH3 is 1. The quantitative estimate of drug-likeness (QED) is 0.208. The number of nitrogens with zero attached hydrogens (tertiary/aromatic N) is 2. The van der Waals surface area contributed by atoms with Gasteiger partial charge in [-0.05, 0) is 84.1 Å². The Kier molecular flexibility index (Phi) is 7.70. The molecule has 9 heteroatoms. The van der Waals surface area contributed by atoms with Gasteiger partial charge in [0.2, 0.25) is 5.95 Å². The van der Waals surface area contributed by atoms with Crippen LogP contribution in [-0.2, 0) is 0 Å². The molecule has 1 saturated heterocycles. The highest BCUT2D eigenvalue weighted by Gasteiger charge is 2.38. The number of thiophene rings is 1. The number of amides is 1. The number of nitrogens with two attached hydrogens (primary N) is 1. The minimum Gasteiger partial charge on any atom is -0.496 e. The third-order valence-electron chi connectivity index (χ3n) is 7.31. The second-order valence-electron chi connectivity index (χ2n) is 12.3. The Morgan fingerprint density at radius 2 is 1.80 bits per heavy atom. The second-order valence-corrected chi connectivity index (χ2v) is 13.4. The summed E-state index contributed by atoms with van der Waals surface area (Å²) in [5.41, 5.74) is 9.92. The van der Waals surface area contributed by atoms with Gasteiger partial charge in [0.15, 0.2) is 0 Å². The van der Waals surface area contributed by atoms with Crippen molar-refractivity contribution in [2.45, 2.75) is 77.5 Å². The number of ether oxygens (including phenoxy) is 2. The van der Waals surface area contributed by atoms with Gasteiger partial charge in [0.1, 0.15) is 16.4 Å². The lowest BCUT2D eigenvalue weighted by Gasteiger charge is -2.46. The van der Waals surface area contributed by atoms with Crippen LogP contribution in [0.1, 0.15) is 75.5 Å². The number of primary amides is 1. The molecule has 2 aromatic carbocycles. The van der Waals surface area contributed by atoms with E-state index in [1.165, 1.54) is 16.9 Å². The molecule has 1 aliphatic heterocycles. The maximum Gasteiger partial charge on any atom is 0.259 e. The molecule has 0 bridgehead atoms. The van der Waals surface area contributed by atoms with Gasteiger partial charge in [-0.15, -0.1) is 11.3 Å². The molecule has 8 nitrogen and oxygen atoms in total. The van der Waals surface area contributed by atoms with Crippen molar-refractivity contribution in [1.82, 2.24) is 15.3 Å². The highest BCUT2D eigenvalue weighted by atomic mass is 32.1. The minimum atomic E-state index is -0.518. The van der Waals surface area contributed by atoms with Gasteiger partial charge < -0.3 is 25.8 Å². The highest BCUT2D eigenvalue weighted by molar-refractivity contribution is 7.21. The summed E-state index contributed by atoms with van der Waals surface area (Å²) in [5.74, 6) is 1.67. The Balaban J connectivity index is 1.54. The van der Waals surface area contributed by atoms with E-state index in [2.05, 4.69) is 55.4 Å². The van der Waals surface area contributed by atoms with E-state index >= 15 is 0 Å². The van der Waals surface area contributed by atoms with Gasteiger partial charge in [-0.1, -0.05) is 24.3 Å². The van der Waals surface area contributed by atoms with E-state index in [4.69, 9.17) is 20.2 Å². The van der Waals surface area contributed by atoms with Crippen molar-refractivity contribution in [2.75, 3.05) is 12.4 Å². The molecule has 0 atom stereocenters. The monoisotopic (exact) mass is 573 g/mol. The Morgan fingerprint density at radius 3 is 2.46 bits per heavy atom. The summed E-state index contributed by atoms with van der Waals surface area (Å²) in [6.45, 7) is 13.1. The van der Waals surface area contributed by atoms with Gasteiger partial charge in [-0.2, -0.15) is 0 Å². The molecule has 3 heterocycles. The van der Waals surface area contributed by atoms with Gasteiger partial charge in [0.05, 0.1) is 35.3 Å². The molecular formula is C32H39N5O3S. The fraction of sp³-hybridized carbons (Fsp3) is 0.406. The van der Waals surface area contributed by atoms with E-state index in [0.717, 1.165) is 34.5 Å². The second kappa shape index (κ2) is 10.9. The normalized spacial score (nSPS) is 16.6. The predicted octanol–water partition coefficient (Wildman–Crippen LogP) is 7.02. The average Bonchev–Trinajstić information content (AvgIpc) is 3.26. The van der Waals surface area contributed by atoms with Crippen LogP contribution in [0.2, 0.25) is 0 Å². The van der Waals surface area contributed by atoms with Crippen molar-refractivity contribution in [3.8, 4) is 22.6 Å². The number of hydrogen-bond acceptors (Lipinski definition) is 8. The van der Waals surface area contributed by atoms with Crippen LogP contribution in [0.15, 0.2) is 48.7 Å². The van der Waals surface area contributed by atoms with Crippen LogP contribution in [0.4, 0.5) is 11.6 Å². The topological polar surface area (TPSA) is 111 Å². The Labute approximate surface area is 245 Å². The number of carbonyl (C=O) groups excluding carboxylic acids is 1. The average molecular weight is 574 g/mol. The number of anilines is 2. The molecule has 4 aromatic rings. The van der Waals surface area contributed by atoms with E-state index in [-0.39, 0.29) is 17.2 Å². The first kappa shape index (κ1) is 28.8. The summed E-state index contributed by atoms with van der Waals surface area (Å²) in [4.78, 5) is 22.3. The number of hydrogen-bond donors (Lipinski definition) is 3. The summed E-state index contributed by atoms with van der Waals surface area (Å²) >= 11 is 1.28. The molecule has 0 saturated carbocycles. The van der Waals surface area contributed by atoms with Crippen molar-refractivity contribution in [3.05, 3.63) is 59.1 Å². The number of benzene rings is 2. The number of nitrogens with one attached hydrogen (secondary N) is 2. The van der Waals surface area contributed by atoms with Crippen LogP contribution in [-0.4, -0.2) is 40.2 Å². The molecule has 5 rings (SSSR count). The van der Waals surface area contributed by atoms with Gasteiger partial charge in [0, 0.05) is 22.2 Å². The minimum absolute atomic E-state index is 0.0118. The molecule has 0 aliphatic carbocycles. The number of carbonyl (C=O) groups is 1. The zero-order valence-corrected chi connectivity index (χ0v) is 25.6. The third kappa shape index (κ3) is 6.16. The Hall–Kier alpha value is -3.69. The largest absolute Gasteiger partial charge is 0.496 e. The van der Waals surface area contributed by atoms with E-state index in [9.17, 15) is 4.79 Å². The lowest BCUT2D eigenvalue weighted by molar-refractivity contribution is 0.100. The molecule has 0 spiro atoms. The molecule has 0 unspecified atom stereocenters. The van der Waals surface area contributed by atoms with Crippen molar-refractivity contribution < 1.29 is 14.3 Å². The van der Waals surface area contributed by atoms with E-state index in [1.807, 2.05) is 44.2 Å². The predicted molar refractivity (Wildman–Crippen MR) is 167 cm³/mol. The van der Waals surface area contributed by atoms with Crippen molar-refractivity contribution in [3.63, 3.8) is 0 Å². The summed E-state index contributed by atoms with van der Waals surface area (Å²) in [5, 5.41) is 7.15. The van der Waals surface area contributed by atoms with Gasteiger partial charge >= 0.3 is 0 Å². The molecular weight excluding hydrogens is 534 g/mol. The van der Waals surface area contributed by atoms with Gasteiger partial charge in [-0.25, -0.2) is 9.97 Å². The number of piperidine rings is 1. The first-order valence-corrected chi connectivity index (χ1v) is 14.8. The summed E-state index contributed by atoms with van der Waals surface area (Å²) in [6, 6.07) is 13.9. The van der Waals surface area contributed by atoms with Crippen LogP contribution in [0.3, 0.4) is 0 Å².